The smallest absolute Gasteiger partial charge is 0.118 e. The fourth-order valence-electron chi connectivity index (χ4n) is 1.96. The van der Waals surface area contributed by atoms with Gasteiger partial charge in [-0.2, -0.15) is 0 Å². The summed E-state index contributed by atoms with van der Waals surface area (Å²) in [4.78, 5) is 1.21. The predicted molar refractivity (Wildman–Crippen MR) is 91.5 cm³/mol. The fraction of sp³-hybridized carbons (Fsp3) is 0.294. The van der Waals surface area contributed by atoms with E-state index in [0.717, 1.165) is 29.4 Å². The summed E-state index contributed by atoms with van der Waals surface area (Å²) >= 11 is 7.65. The summed E-state index contributed by atoms with van der Waals surface area (Å²) in [5.41, 5.74) is 7.48. The molecule has 0 heterocycles. The summed E-state index contributed by atoms with van der Waals surface area (Å²) in [5, 5.41) is 0.767. The van der Waals surface area contributed by atoms with Gasteiger partial charge in [-0.05, 0) is 54.8 Å². The monoisotopic (exact) mass is 321 g/mol. The summed E-state index contributed by atoms with van der Waals surface area (Å²) in [6.45, 7) is 0. The molecule has 2 rings (SSSR count). The minimum atomic E-state index is 0.188. The van der Waals surface area contributed by atoms with Gasteiger partial charge in [0.15, 0.2) is 0 Å². The first kappa shape index (κ1) is 16.2. The van der Waals surface area contributed by atoms with Gasteiger partial charge in [0.05, 0.1) is 7.11 Å². The second kappa shape index (κ2) is 8.32. The fourth-order valence-corrected chi connectivity index (χ4v) is 2.99. The third kappa shape index (κ3) is 5.62. The van der Waals surface area contributed by atoms with E-state index >= 15 is 0 Å². The molecule has 0 fully saturated rings. The predicted octanol–water partition coefficient (Wildman–Crippen LogP) is 4.40. The molecule has 1 atom stereocenters. The standard InChI is InChI=1S/C17H20ClNOS/c1-20-16-8-3-13(4-9-16)2-7-15(19)12-21-17-10-5-14(18)6-11-17/h3-6,8-11,15H,2,7,12,19H2,1H3. The van der Waals surface area contributed by atoms with Crippen molar-refractivity contribution in [2.45, 2.75) is 23.8 Å². The van der Waals surface area contributed by atoms with Crippen LogP contribution in [-0.2, 0) is 6.42 Å². The molecule has 2 N–H and O–H groups in total. The van der Waals surface area contributed by atoms with E-state index < -0.39 is 0 Å². The van der Waals surface area contributed by atoms with Gasteiger partial charge in [0.1, 0.15) is 5.75 Å². The molecular weight excluding hydrogens is 302 g/mol. The van der Waals surface area contributed by atoms with Gasteiger partial charge in [0.25, 0.3) is 0 Å². The average molecular weight is 322 g/mol. The van der Waals surface area contributed by atoms with E-state index in [1.54, 1.807) is 18.9 Å². The molecule has 112 valence electrons. The van der Waals surface area contributed by atoms with Crippen molar-refractivity contribution in [3.63, 3.8) is 0 Å². The van der Waals surface area contributed by atoms with Crippen molar-refractivity contribution in [2.75, 3.05) is 12.9 Å². The lowest BCUT2D eigenvalue weighted by atomic mass is 10.1. The Hall–Kier alpha value is -1.16. The van der Waals surface area contributed by atoms with Crippen molar-refractivity contribution in [2.24, 2.45) is 5.73 Å². The Balaban J connectivity index is 1.73. The van der Waals surface area contributed by atoms with Crippen LogP contribution in [0.5, 0.6) is 5.75 Å². The number of nitrogens with two attached hydrogens (primary N) is 1. The van der Waals surface area contributed by atoms with Gasteiger partial charge < -0.3 is 10.5 Å². The molecular formula is C17H20ClNOS. The number of halogens is 1. The summed E-state index contributed by atoms with van der Waals surface area (Å²) < 4.78 is 5.15. The number of aryl methyl sites for hydroxylation is 1. The van der Waals surface area contributed by atoms with Gasteiger partial charge in [0, 0.05) is 21.7 Å². The molecule has 2 aromatic rings. The highest BCUT2D eigenvalue weighted by Crippen LogP contribution is 2.21. The maximum absolute atomic E-state index is 6.18. The summed E-state index contributed by atoms with van der Waals surface area (Å²) in [7, 11) is 1.68. The van der Waals surface area contributed by atoms with Crippen LogP contribution >= 0.6 is 23.4 Å². The summed E-state index contributed by atoms with van der Waals surface area (Å²) in [6, 6.07) is 16.2. The van der Waals surface area contributed by atoms with Gasteiger partial charge in [-0.1, -0.05) is 23.7 Å². The summed E-state index contributed by atoms with van der Waals surface area (Å²) in [5.74, 6) is 1.80. The number of ether oxygens (including phenoxy) is 1. The van der Waals surface area contributed by atoms with Crippen LogP contribution in [0.15, 0.2) is 53.4 Å². The highest BCUT2D eigenvalue weighted by atomic mass is 35.5. The van der Waals surface area contributed by atoms with Crippen molar-refractivity contribution >= 4 is 23.4 Å². The zero-order chi connectivity index (χ0) is 15.1. The molecule has 21 heavy (non-hydrogen) atoms. The minimum absolute atomic E-state index is 0.188. The third-order valence-electron chi connectivity index (χ3n) is 3.24. The molecule has 0 aliphatic rings. The molecule has 0 saturated heterocycles. The zero-order valence-electron chi connectivity index (χ0n) is 12.1. The van der Waals surface area contributed by atoms with Crippen LogP contribution < -0.4 is 10.5 Å². The van der Waals surface area contributed by atoms with Crippen LogP contribution in [0, 0.1) is 0 Å². The van der Waals surface area contributed by atoms with Gasteiger partial charge in [-0.3, -0.25) is 0 Å². The lowest BCUT2D eigenvalue weighted by Crippen LogP contribution is -2.23. The van der Waals surface area contributed by atoms with E-state index in [2.05, 4.69) is 12.1 Å². The molecule has 2 nitrogen and oxygen atoms in total. The Morgan fingerprint density at radius 2 is 1.76 bits per heavy atom. The number of rotatable bonds is 7. The lowest BCUT2D eigenvalue weighted by molar-refractivity contribution is 0.414. The van der Waals surface area contributed by atoms with Crippen LogP contribution in [0.2, 0.25) is 5.02 Å². The minimum Gasteiger partial charge on any atom is -0.497 e. The van der Waals surface area contributed by atoms with Crippen molar-refractivity contribution in [1.82, 2.24) is 0 Å². The average Bonchev–Trinajstić information content (AvgIpc) is 2.53. The number of hydrogen-bond acceptors (Lipinski definition) is 3. The number of thioether (sulfide) groups is 1. The molecule has 0 aliphatic heterocycles. The first-order valence-corrected chi connectivity index (χ1v) is 8.30. The molecule has 0 aliphatic carbocycles. The lowest BCUT2D eigenvalue weighted by Gasteiger charge is -2.11. The Kier molecular flexibility index (Phi) is 6.43. The quantitative estimate of drug-likeness (QED) is 0.768. The Morgan fingerprint density at radius 3 is 2.38 bits per heavy atom. The second-order valence-electron chi connectivity index (χ2n) is 4.91. The SMILES string of the molecule is COc1ccc(CCC(N)CSc2ccc(Cl)cc2)cc1. The number of hydrogen-bond donors (Lipinski definition) is 1. The van der Waals surface area contributed by atoms with E-state index in [0.29, 0.717) is 0 Å². The first-order chi connectivity index (χ1) is 10.2. The molecule has 0 bridgehead atoms. The van der Waals surface area contributed by atoms with Gasteiger partial charge in [0.2, 0.25) is 0 Å². The first-order valence-electron chi connectivity index (χ1n) is 6.94. The number of benzene rings is 2. The molecule has 0 aromatic heterocycles. The Bertz CT molecular complexity index is 542. The van der Waals surface area contributed by atoms with E-state index in [1.807, 2.05) is 36.4 Å². The highest BCUT2D eigenvalue weighted by Gasteiger charge is 2.05. The normalized spacial score (nSPS) is 12.1. The maximum Gasteiger partial charge on any atom is 0.118 e. The van der Waals surface area contributed by atoms with Gasteiger partial charge >= 0.3 is 0 Å². The molecule has 0 spiro atoms. The molecule has 0 amide bonds. The van der Waals surface area contributed by atoms with Gasteiger partial charge in [-0.15, -0.1) is 11.8 Å². The van der Waals surface area contributed by atoms with Crippen molar-refractivity contribution in [3.8, 4) is 5.75 Å². The molecule has 0 radical (unpaired) electrons. The topological polar surface area (TPSA) is 35.2 Å². The van der Waals surface area contributed by atoms with Crippen LogP contribution in [0.25, 0.3) is 0 Å². The van der Waals surface area contributed by atoms with Crippen molar-refractivity contribution in [3.05, 3.63) is 59.1 Å². The van der Waals surface area contributed by atoms with Crippen molar-refractivity contribution < 1.29 is 4.74 Å². The van der Waals surface area contributed by atoms with Crippen molar-refractivity contribution in [1.29, 1.82) is 0 Å². The highest BCUT2D eigenvalue weighted by molar-refractivity contribution is 7.99. The van der Waals surface area contributed by atoms with Crippen LogP contribution in [0.1, 0.15) is 12.0 Å². The van der Waals surface area contributed by atoms with E-state index in [-0.39, 0.29) is 6.04 Å². The molecule has 2 aromatic carbocycles. The summed E-state index contributed by atoms with van der Waals surface area (Å²) in [6.07, 6.45) is 1.97. The second-order valence-corrected chi connectivity index (χ2v) is 6.44. The van der Waals surface area contributed by atoms with E-state index in [9.17, 15) is 0 Å². The Labute approximate surface area is 135 Å². The number of methoxy groups -OCH3 is 1. The molecule has 0 saturated carbocycles. The Morgan fingerprint density at radius 1 is 1.10 bits per heavy atom. The van der Waals surface area contributed by atoms with Crippen LogP contribution in [-0.4, -0.2) is 18.9 Å². The zero-order valence-corrected chi connectivity index (χ0v) is 13.7. The third-order valence-corrected chi connectivity index (χ3v) is 4.69. The van der Waals surface area contributed by atoms with Crippen LogP contribution in [0.3, 0.4) is 0 Å². The maximum atomic E-state index is 6.18. The van der Waals surface area contributed by atoms with E-state index in [1.165, 1.54) is 10.5 Å². The van der Waals surface area contributed by atoms with Crippen LogP contribution in [0.4, 0.5) is 0 Å². The largest absolute Gasteiger partial charge is 0.497 e. The molecule has 1 unspecified atom stereocenters. The van der Waals surface area contributed by atoms with E-state index in [4.69, 9.17) is 22.1 Å². The van der Waals surface area contributed by atoms with Gasteiger partial charge in [-0.25, -0.2) is 0 Å². The molecule has 4 heteroatoms.